The summed E-state index contributed by atoms with van der Waals surface area (Å²) in [6, 6.07) is 30.5. The molecular weight excluding hydrogens is 850 g/mol. The SMILES string of the molecule is CC(C)(CCC#N)c1cc2cc(CC(=O)C3(c4ccc5c(c4)OCO5)CC3)ccc2[nH]1.CC(C)(CCC(=O)O)c1cc2cc(CC(=O)C3(c4ccc5c(c4)OCO5)CC3)ccc2[nH]1.[K+].[OH-]. The summed E-state index contributed by atoms with van der Waals surface area (Å²) in [4.78, 5) is 44.5. The fourth-order valence-electron chi connectivity index (χ4n) is 9.18. The van der Waals surface area contributed by atoms with Crippen molar-refractivity contribution in [2.45, 2.75) is 114 Å². The average molecular weight is 904 g/mol. The summed E-state index contributed by atoms with van der Waals surface area (Å²) in [6.45, 7) is 8.88. The molecule has 4 aliphatic rings. The molecule has 0 bridgehead atoms. The Morgan fingerprint density at radius 2 is 1.06 bits per heavy atom. The number of H-pyrrole nitrogens is 2. The van der Waals surface area contributed by atoms with E-state index in [9.17, 15) is 14.4 Å². The number of carboxylic acids is 1. The Morgan fingerprint density at radius 3 is 1.48 bits per heavy atom. The van der Waals surface area contributed by atoms with E-state index in [0.717, 1.165) is 105 Å². The number of nitrogens with one attached hydrogen (secondary N) is 2. The predicted octanol–water partition coefficient (Wildman–Crippen LogP) is 7.03. The first-order valence-corrected chi connectivity index (χ1v) is 21.9. The van der Waals surface area contributed by atoms with Crippen LogP contribution in [0.5, 0.6) is 23.0 Å². The van der Waals surface area contributed by atoms with Gasteiger partial charge in [0.1, 0.15) is 11.6 Å². The molecule has 13 heteroatoms. The fourth-order valence-corrected chi connectivity index (χ4v) is 9.18. The molecule has 6 aromatic rings. The van der Waals surface area contributed by atoms with Crippen LogP contribution in [0.15, 0.2) is 84.9 Å². The van der Waals surface area contributed by atoms with Crippen LogP contribution in [0.25, 0.3) is 21.8 Å². The van der Waals surface area contributed by atoms with Crippen LogP contribution in [-0.4, -0.2) is 51.7 Å². The number of nitrogens with zero attached hydrogens (tertiary/aromatic N) is 1. The molecule has 0 spiro atoms. The Labute approximate surface area is 421 Å². The van der Waals surface area contributed by atoms with E-state index in [0.29, 0.717) is 31.4 Å². The van der Waals surface area contributed by atoms with E-state index >= 15 is 0 Å². The Balaban J connectivity index is 0.000000188. The predicted molar refractivity (Wildman–Crippen MR) is 241 cm³/mol. The van der Waals surface area contributed by atoms with Gasteiger partial charge in [0.2, 0.25) is 13.6 Å². The normalized spacial score (nSPS) is 15.8. The van der Waals surface area contributed by atoms with E-state index in [2.05, 4.69) is 60.2 Å². The van der Waals surface area contributed by atoms with Crippen LogP contribution in [0.1, 0.15) is 113 Å². The zero-order valence-corrected chi connectivity index (χ0v) is 40.9. The molecule has 0 radical (unpaired) electrons. The van der Waals surface area contributed by atoms with Gasteiger partial charge in [-0.1, -0.05) is 52.0 Å². The van der Waals surface area contributed by atoms with E-state index in [-0.39, 0.29) is 99.3 Å². The van der Waals surface area contributed by atoms with Crippen LogP contribution in [-0.2, 0) is 48.9 Å². The molecule has 12 nitrogen and oxygen atoms in total. The van der Waals surface area contributed by atoms with Gasteiger partial charge in [-0.05, 0) is 132 Å². The van der Waals surface area contributed by atoms with Crippen molar-refractivity contribution in [3.05, 3.63) is 119 Å². The number of benzene rings is 4. The van der Waals surface area contributed by atoms with Crippen molar-refractivity contribution in [2.24, 2.45) is 0 Å². The monoisotopic (exact) mass is 903 g/mol. The van der Waals surface area contributed by atoms with Crippen LogP contribution in [0.4, 0.5) is 0 Å². The summed E-state index contributed by atoms with van der Waals surface area (Å²) in [6.07, 6.45) is 6.31. The van der Waals surface area contributed by atoms with Crippen molar-refractivity contribution in [3.63, 3.8) is 0 Å². The minimum atomic E-state index is -0.786. The number of ketones is 2. The van der Waals surface area contributed by atoms with Gasteiger partial charge in [0.25, 0.3) is 0 Å². The van der Waals surface area contributed by atoms with Gasteiger partial charge in [0.05, 0.1) is 16.9 Å². The number of aromatic nitrogens is 2. The fraction of sp³-hybridized carbons (Fsp3) is 0.385. The van der Waals surface area contributed by atoms with E-state index in [1.807, 2.05) is 68.4 Å². The molecule has 0 unspecified atom stereocenters. The molecule has 10 rings (SSSR count). The minimum Gasteiger partial charge on any atom is -0.870 e. The number of carboxylic acid groups (broad SMARTS) is 1. The number of nitriles is 1. The Kier molecular flexibility index (Phi) is 13.8. The van der Waals surface area contributed by atoms with Crippen LogP contribution in [0.2, 0.25) is 0 Å². The number of rotatable bonds is 15. The van der Waals surface area contributed by atoms with Gasteiger partial charge in [-0.2, -0.15) is 5.26 Å². The molecule has 0 saturated heterocycles. The van der Waals surface area contributed by atoms with Crippen molar-refractivity contribution >= 4 is 39.3 Å². The maximum absolute atomic E-state index is 13.3. The van der Waals surface area contributed by atoms with Crippen molar-refractivity contribution < 1.29 is 95.3 Å². The minimum absolute atomic E-state index is 0. The molecular formula is C52H54KN3O9. The molecule has 2 aliphatic heterocycles. The Morgan fingerprint density at radius 1 is 0.631 bits per heavy atom. The number of ether oxygens (including phenoxy) is 4. The number of fused-ring (bicyclic) bond motifs is 4. The molecule has 4 aromatic carbocycles. The van der Waals surface area contributed by atoms with Gasteiger partial charge in [0.15, 0.2) is 23.0 Å². The van der Waals surface area contributed by atoms with Crippen molar-refractivity contribution in [1.82, 2.24) is 9.97 Å². The van der Waals surface area contributed by atoms with Gasteiger partial charge >= 0.3 is 57.4 Å². The topological polar surface area (TPSA) is 194 Å². The molecule has 2 aromatic heterocycles. The number of aromatic amines is 2. The molecule has 65 heavy (non-hydrogen) atoms. The van der Waals surface area contributed by atoms with Crippen molar-refractivity contribution in [2.75, 3.05) is 13.6 Å². The van der Waals surface area contributed by atoms with Gasteiger partial charge in [0, 0.05) is 58.9 Å². The van der Waals surface area contributed by atoms with Crippen molar-refractivity contribution in [1.29, 1.82) is 5.26 Å². The van der Waals surface area contributed by atoms with Crippen molar-refractivity contribution in [3.8, 4) is 29.1 Å². The summed E-state index contributed by atoms with van der Waals surface area (Å²) in [7, 11) is 0. The van der Waals surface area contributed by atoms with Gasteiger partial charge in [-0.3, -0.25) is 14.4 Å². The first-order chi connectivity index (χ1) is 30.2. The number of Topliss-reactive ketones (excluding diaryl/α,β-unsaturated/α-hetero) is 2. The zero-order chi connectivity index (χ0) is 44.1. The van der Waals surface area contributed by atoms with Crippen LogP contribution in [0, 0.1) is 11.3 Å². The number of hydrogen-bond acceptors (Lipinski definition) is 9. The quantitative estimate of drug-likeness (QED) is 0.0901. The summed E-state index contributed by atoms with van der Waals surface area (Å²) in [5.41, 5.74) is 7.08. The summed E-state index contributed by atoms with van der Waals surface area (Å²) in [5.74, 6) is 2.64. The van der Waals surface area contributed by atoms with Gasteiger partial charge in [-0.15, -0.1) is 0 Å². The second kappa shape index (κ2) is 18.7. The standard InChI is InChI=1S/C26H26N2O3.C26H27NO5.K.H2O/c1-25(2,8-3-11-27)23-14-18-12-17(4-6-20(18)28-23)13-24(29)26(9-10-26)19-5-7-21-22(15-19)31-16-30-21;1-25(2,8-7-24(29)30)22-13-17-11-16(3-5-19(17)27-22)12-23(28)26(9-10-26)18-4-6-20-21(14-18)32-15-31-20;;/h4-7,12,14-15,28H,3,8-10,13,16H2,1-2H3;3-6,11,13-14,27H,7-10,12,15H2,1-2H3,(H,29,30);;1H2/q;;+1;/p-1. The first kappa shape index (κ1) is 48.0. The second-order valence-corrected chi connectivity index (χ2v) is 19.0. The Hall–Kier alpha value is -4.94. The molecule has 2 aliphatic carbocycles. The molecule has 0 atom stereocenters. The molecule has 2 saturated carbocycles. The maximum Gasteiger partial charge on any atom is 1.00 e. The maximum atomic E-state index is 13.3. The summed E-state index contributed by atoms with van der Waals surface area (Å²) in [5, 5.41) is 20.1. The molecule has 332 valence electrons. The van der Waals surface area contributed by atoms with Crippen LogP contribution in [0.3, 0.4) is 0 Å². The van der Waals surface area contributed by atoms with E-state index in [1.165, 1.54) is 0 Å². The van der Waals surface area contributed by atoms with Crippen LogP contribution >= 0.6 is 0 Å². The summed E-state index contributed by atoms with van der Waals surface area (Å²) >= 11 is 0. The Bertz CT molecular complexity index is 2820. The molecule has 2 fully saturated rings. The van der Waals surface area contributed by atoms with Gasteiger partial charge in [-0.25, -0.2) is 0 Å². The number of hydrogen-bond donors (Lipinski definition) is 3. The third-order valence-corrected chi connectivity index (χ3v) is 13.8. The van der Waals surface area contributed by atoms with Gasteiger partial charge < -0.3 is 39.5 Å². The summed E-state index contributed by atoms with van der Waals surface area (Å²) < 4.78 is 21.8. The number of aliphatic carboxylic acids is 1. The number of carbonyl (C=O) groups excluding carboxylic acids is 2. The second-order valence-electron chi connectivity index (χ2n) is 19.0. The molecule has 4 N–H and O–H groups in total. The van der Waals surface area contributed by atoms with Crippen LogP contribution < -0.4 is 70.3 Å². The third-order valence-electron chi connectivity index (χ3n) is 13.8. The third kappa shape index (κ3) is 9.80. The molecule has 0 amide bonds. The molecule has 4 heterocycles. The average Bonchev–Trinajstić information content (AvgIpc) is 3.96. The van der Waals surface area contributed by atoms with E-state index < -0.39 is 16.8 Å². The largest absolute Gasteiger partial charge is 1.00 e. The smallest absolute Gasteiger partial charge is 0.870 e. The van der Waals surface area contributed by atoms with E-state index in [1.54, 1.807) is 0 Å². The first-order valence-electron chi connectivity index (χ1n) is 21.9. The number of carbonyl (C=O) groups is 3. The zero-order valence-electron chi connectivity index (χ0n) is 37.8. The van der Waals surface area contributed by atoms with E-state index in [4.69, 9.17) is 29.3 Å².